The Hall–Kier alpha value is -2.49. The number of rotatable bonds is 7. The van der Waals surface area contributed by atoms with E-state index < -0.39 is 29.9 Å². The minimum Gasteiger partial charge on any atom is -0.476 e. The van der Waals surface area contributed by atoms with E-state index >= 15 is 0 Å². The van der Waals surface area contributed by atoms with Crippen LogP contribution in [-0.4, -0.2) is 72.5 Å². The molecule has 180 valence electrons. The highest BCUT2D eigenvalue weighted by Gasteiger charge is 2.40. The van der Waals surface area contributed by atoms with Crippen LogP contribution in [0, 0.1) is 6.92 Å². The first-order valence-electron chi connectivity index (χ1n) is 10.5. The van der Waals surface area contributed by atoms with Crippen molar-refractivity contribution >= 4 is 12.1 Å². The van der Waals surface area contributed by atoms with Gasteiger partial charge < -0.3 is 19.1 Å². The van der Waals surface area contributed by atoms with Crippen molar-refractivity contribution in [3.05, 3.63) is 29.3 Å². The van der Waals surface area contributed by atoms with E-state index in [1.54, 1.807) is 20.8 Å². The second kappa shape index (κ2) is 10.4. The number of carbonyl (C=O) groups is 2. The largest absolute Gasteiger partial charge is 0.476 e. The van der Waals surface area contributed by atoms with Crippen molar-refractivity contribution < 1.29 is 37.0 Å². The molecule has 2 rings (SSSR count). The van der Waals surface area contributed by atoms with E-state index in [0.717, 1.165) is 18.1 Å². The van der Waals surface area contributed by atoms with Crippen LogP contribution in [0.5, 0.6) is 5.75 Å². The minimum atomic E-state index is -4.59. The number of benzene rings is 1. The summed E-state index contributed by atoms with van der Waals surface area (Å²) < 4.78 is 53.5. The third kappa shape index (κ3) is 7.01. The molecular formula is C22H31F3N2O5. The zero-order valence-corrected chi connectivity index (χ0v) is 19.1. The topological polar surface area (TPSA) is 68.3 Å². The highest BCUT2D eigenvalue weighted by molar-refractivity contribution is 5.79. The van der Waals surface area contributed by atoms with Crippen LogP contribution in [0.15, 0.2) is 18.2 Å². The standard InChI is InChI=1S/C22H31F3N2O5/c1-6-30-19(28)21(4,5)32-18-13-15(2)7-8-17(18)14-26-9-11-27(12-10-26)20(29)31-16(3)22(23,24)25/h7-8,13,16H,6,9-12,14H2,1-5H3. The summed E-state index contributed by atoms with van der Waals surface area (Å²) in [6.07, 6.45) is -7.70. The maximum Gasteiger partial charge on any atom is 0.425 e. The van der Waals surface area contributed by atoms with Gasteiger partial charge in [-0.1, -0.05) is 12.1 Å². The Kier molecular flexibility index (Phi) is 8.39. The van der Waals surface area contributed by atoms with Crippen molar-refractivity contribution in [1.82, 2.24) is 9.80 Å². The van der Waals surface area contributed by atoms with Crippen molar-refractivity contribution in [2.75, 3.05) is 32.8 Å². The molecule has 0 bridgehead atoms. The summed E-state index contributed by atoms with van der Waals surface area (Å²) in [6, 6.07) is 5.70. The molecule has 0 saturated carbocycles. The first kappa shape index (κ1) is 25.8. The third-order valence-electron chi connectivity index (χ3n) is 5.12. The molecule has 0 aliphatic carbocycles. The van der Waals surface area contributed by atoms with Crippen molar-refractivity contribution in [2.24, 2.45) is 0 Å². The normalized spacial score (nSPS) is 16.4. The van der Waals surface area contributed by atoms with E-state index in [9.17, 15) is 22.8 Å². The number of esters is 1. The van der Waals surface area contributed by atoms with Gasteiger partial charge in [0.2, 0.25) is 0 Å². The number of aryl methyl sites for hydroxylation is 1. The molecule has 0 radical (unpaired) electrons. The van der Waals surface area contributed by atoms with Gasteiger partial charge in [0.25, 0.3) is 0 Å². The Morgan fingerprint density at radius 2 is 1.75 bits per heavy atom. The number of piperazine rings is 1. The van der Waals surface area contributed by atoms with Crippen LogP contribution in [0.25, 0.3) is 0 Å². The van der Waals surface area contributed by atoms with E-state index in [1.165, 1.54) is 4.90 Å². The van der Waals surface area contributed by atoms with Gasteiger partial charge in [0, 0.05) is 38.3 Å². The molecule has 7 nitrogen and oxygen atoms in total. The SMILES string of the molecule is CCOC(=O)C(C)(C)Oc1cc(C)ccc1CN1CCN(C(=O)OC(C)C(F)(F)F)CC1. The number of amides is 1. The van der Waals surface area contributed by atoms with E-state index in [0.29, 0.717) is 25.4 Å². The number of carbonyl (C=O) groups excluding carboxylic acids is 2. The van der Waals surface area contributed by atoms with Gasteiger partial charge >= 0.3 is 18.2 Å². The van der Waals surface area contributed by atoms with Crippen LogP contribution in [0.4, 0.5) is 18.0 Å². The molecule has 1 saturated heterocycles. The smallest absolute Gasteiger partial charge is 0.425 e. The summed E-state index contributed by atoms with van der Waals surface area (Å²) in [5.41, 5.74) is 0.653. The van der Waals surface area contributed by atoms with E-state index in [2.05, 4.69) is 9.64 Å². The van der Waals surface area contributed by atoms with Crippen LogP contribution in [0.3, 0.4) is 0 Å². The average molecular weight is 460 g/mol. The van der Waals surface area contributed by atoms with Crippen molar-refractivity contribution in [3.63, 3.8) is 0 Å². The first-order valence-corrected chi connectivity index (χ1v) is 10.5. The lowest BCUT2D eigenvalue weighted by Crippen LogP contribution is -2.49. The van der Waals surface area contributed by atoms with E-state index in [4.69, 9.17) is 9.47 Å². The van der Waals surface area contributed by atoms with Gasteiger partial charge in [-0.2, -0.15) is 13.2 Å². The van der Waals surface area contributed by atoms with Gasteiger partial charge in [-0.15, -0.1) is 0 Å². The molecule has 1 aliphatic heterocycles. The lowest BCUT2D eigenvalue weighted by Gasteiger charge is -2.35. The molecule has 1 aliphatic rings. The lowest BCUT2D eigenvalue weighted by atomic mass is 10.1. The van der Waals surface area contributed by atoms with E-state index in [1.807, 2.05) is 25.1 Å². The third-order valence-corrected chi connectivity index (χ3v) is 5.12. The molecule has 1 atom stereocenters. The number of hydrogen-bond acceptors (Lipinski definition) is 6. The van der Waals surface area contributed by atoms with E-state index in [-0.39, 0.29) is 19.7 Å². The van der Waals surface area contributed by atoms with Gasteiger partial charge in [-0.25, -0.2) is 9.59 Å². The number of alkyl halides is 3. The van der Waals surface area contributed by atoms with Crippen LogP contribution in [0.2, 0.25) is 0 Å². The van der Waals surface area contributed by atoms with Crippen LogP contribution >= 0.6 is 0 Å². The fourth-order valence-corrected chi connectivity index (χ4v) is 3.13. The van der Waals surface area contributed by atoms with Crippen molar-refractivity contribution in [2.45, 2.75) is 59.0 Å². The summed E-state index contributed by atoms with van der Waals surface area (Å²) >= 11 is 0. The fraction of sp³-hybridized carbons (Fsp3) is 0.636. The number of nitrogens with zero attached hydrogens (tertiary/aromatic N) is 2. The summed E-state index contributed by atoms with van der Waals surface area (Å²) in [6.45, 7) is 9.91. The fourth-order valence-electron chi connectivity index (χ4n) is 3.13. The maximum absolute atomic E-state index is 12.6. The molecule has 10 heteroatoms. The van der Waals surface area contributed by atoms with Crippen LogP contribution in [-0.2, 0) is 20.8 Å². The molecule has 32 heavy (non-hydrogen) atoms. The Balaban J connectivity index is 2.00. The molecule has 1 fully saturated rings. The predicted octanol–water partition coefficient (Wildman–Crippen LogP) is 3.92. The highest BCUT2D eigenvalue weighted by atomic mass is 19.4. The number of halogens is 3. The second-order valence-corrected chi connectivity index (χ2v) is 8.27. The van der Waals surface area contributed by atoms with Crippen molar-refractivity contribution in [3.8, 4) is 5.75 Å². The Bertz CT molecular complexity index is 805. The highest BCUT2D eigenvalue weighted by Crippen LogP contribution is 2.28. The van der Waals surface area contributed by atoms with Crippen LogP contribution < -0.4 is 4.74 Å². The zero-order chi connectivity index (χ0) is 24.1. The lowest BCUT2D eigenvalue weighted by molar-refractivity contribution is -0.200. The minimum absolute atomic E-state index is 0.250. The number of ether oxygens (including phenoxy) is 3. The summed E-state index contributed by atoms with van der Waals surface area (Å²) in [5.74, 6) is 0.0940. The molecule has 1 aromatic carbocycles. The van der Waals surface area contributed by atoms with Crippen molar-refractivity contribution in [1.29, 1.82) is 0 Å². The Morgan fingerprint density at radius 3 is 2.31 bits per heavy atom. The first-order chi connectivity index (χ1) is 14.8. The molecule has 1 aromatic rings. The maximum atomic E-state index is 12.6. The van der Waals surface area contributed by atoms with Gasteiger partial charge in [-0.3, -0.25) is 4.90 Å². The van der Waals surface area contributed by atoms with Gasteiger partial charge in [0.1, 0.15) is 5.75 Å². The summed E-state index contributed by atoms with van der Waals surface area (Å²) in [7, 11) is 0. The number of hydrogen-bond donors (Lipinski definition) is 0. The summed E-state index contributed by atoms with van der Waals surface area (Å²) in [5, 5.41) is 0. The van der Waals surface area contributed by atoms with Gasteiger partial charge in [0.15, 0.2) is 11.7 Å². The Morgan fingerprint density at radius 1 is 1.12 bits per heavy atom. The zero-order valence-electron chi connectivity index (χ0n) is 19.1. The van der Waals surface area contributed by atoms with Crippen LogP contribution in [0.1, 0.15) is 38.8 Å². The molecular weight excluding hydrogens is 429 g/mol. The molecule has 1 heterocycles. The molecule has 1 unspecified atom stereocenters. The summed E-state index contributed by atoms with van der Waals surface area (Å²) in [4.78, 5) is 27.6. The quantitative estimate of drug-likeness (QED) is 0.575. The Labute approximate surface area is 186 Å². The average Bonchev–Trinajstić information content (AvgIpc) is 2.69. The monoisotopic (exact) mass is 460 g/mol. The predicted molar refractivity (Wildman–Crippen MR) is 111 cm³/mol. The molecule has 0 spiro atoms. The molecule has 0 aromatic heterocycles. The second-order valence-electron chi connectivity index (χ2n) is 8.27. The molecule has 0 N–H and O–H groups in total. The molecule has 1 amide bonds. The van der Waals surface area contributed by atoms with Gasteiger partial charge in [0.05, 0.1) is 6.61 Å². The van der Waals surface area contributed by atoms with Gasteiger partial charge in [-0.05, 0) is 46.2 Å².